The molecule has 1 aromatic rings. The van der Waals surface area contributed by atoms with Crippen molar-refractivity contribution < 1.29 is 0 Å². The van der Waals surface area contributed by atoms with Gasteiger partial charge in [0.2, 0.25) is 0 Å². The van der Waals surface area contributed by atoms with Gasteiger partial charge in [-0.25, -0.2) is 4.98 Å². The van der Waals surface area contributed by atoms with Crippen LogP contribution in [0.2, 0.25) is 0 Å². The number of aromatic nitrogens is 1. The summed E-state index contributed by atoms with van der Waals surface area (Å²) in [6, 6.07) is 0. The minimum atomic E-state index is 0.695. The van der Waals surface area contributed by atoms with Crippen LogP contribution in [0, 0.1) is 5.92 Å². The molecule has 0 amide bonds. The first-order chi connectivity index (χ1) is 9.52. The van der Waals surface area contributed by atoms with Crippen LogP contribution in [-0.4, -0.2) is 50.2 Å². The summed E-state index contributed by atoms with van der Waals surface area (Å²) < 4.78 is 0. The Morgan fingerprint density at radius 1 is 1.30 bits per heavy atom. The van der Waals surface area contributed by atoms with Gasteiger partial charge in [0.25, 0.3) is 0 Å². The van der Waals surface area contributed by atoms with E-state index in [1.165, 1.54) is 11.3 Å². The van der Waals surface area contributed by atoms with Crippen LogP contribution in [0.25, 0.3) is 0 Å². The molecule has 1 rings (SSSR count). The molecule has 1 heterocycles. The molecule has 0 saturated carbocycles. The Bertz CT molecular complexity index is 363. The first-order valence-electron chi connectivity index (χ1n) is 7.58. The predicted octanol–water partition coefficient (Wildman–Crippen LogP) is 2.67. The minimum Gasteiger partial charge on any atom is -0.348 e. The molecule has 0 bridgehead atoms. The molecule has 116 valence electrons. The monoisotopic (exact) mass is 298 g/mol. The highest BCUT2D eigenvalue weighted by atomic mass is 32.1. The number of rotatable bonds is 10. The molecule has 0 aliphatic carbocycles. The van der Waals surface area contributed by atoms with E-state index in [0.717, 1.165) is 37.9 Å². The van der Waals surface area contributed by atoms with Gasteiger partial charge in [-0.15, -0.1) is 11.3 Å². The summed E-state index contributed by atoms with van der Waals surface area (Å²) in [5.74, 6) is 0.695. The molecular weight excluding hydrogens is 268 g/mol. The Hall–Kier alpha value is -0.650. The van der Waals surface area contributed by atoms with Gasteiger partial charge in [-0.3, -0.25) is 0 Å². The van der Waals surface area contributed by atoms with Crippen molar-refractivity contribution in [2.24, 2.45) is 5.92 Å². The number of anilines is 1. The minimum absolute atomic E-state index is 0.695. The lowest BCUT2D eigenvalue weighted by atomic mass is 10.2. The van der Waals surface area contributed by atoms with Crippen LogP contribution >= 0.6 is 11.3 Å². The number of nitrogens with zero attached hydrogens (tertiary/aromatic N) is 3. The summed E-state index contributed by atoms with van der Waals surface area (Å²) in [7, 11) is 4.25. The van der Waals surface area contributed by atoms with Crippen LogP contribution in [0.3, 0.4) is 0 Å². The zero-order valence-corrected chi connectivity index (χ0v) is 14.5. The number of hydrogen-bond acceptors (Lipinski definition) is 5. The Balaban J connectivity index is 2.42. The summed E-state index contributed by atoms with van der Waals surface area (Å²) in [5.41, 5.74) is 0. The molecule has 0 aromatic carbocycles. The van der Waals surface area contributed by atoms with Crippen molar-refractivity contribution in [2.75, 3.05) is 45.2 Å². The third kappa shape index (κ3) is 6.68. The molecule has 0 atom stereocenters. The summed E-state index contributed by atoms with van der Waals surface area (Å²) in [6.07, 6.45) is 3.20. The van der Waals surface area contributed by atoms with Gasteiger partial charge in [-0.1, -0.05) is 13.8 Å². The van der Waals surface area contributed by atoms with Crippen LogP contribution in [0.5, 0.6) is 0 Å². The molecule has 20 heavy (non-hydrogen) atoms. The topological polar surface area (TPSA) is 31.4 Å². The first kappa shape index (κ1) is 17.4. The van der Waals surface area contributed by atoms with E-state index in [4.69, 9.17) is 0 Å². The first-order valence-corrected chi connectivity index (χ1v) is 8.39. The molecule has 1 aromatic heterocycles. The summed E-state index contributed by atoms with van der Waals surface area (Å²) in [4.78, 5) is 10.5. The molecule has 0 fully saturated rings. The second kappa shape index (κ2) is 9.32. The summed E-state index contributed by atoms with van der Waals surface area (Å²) >= 11 is 1.81. The van der Waals surface area contributed by atoms with Crippen molar-refractivity contribution in [3.63, 3.8) is 0 Å². The summed E-state index contributed by atoms with van der Waals surface area (Å²) in [6.45, 7) is 11.9. The SMILES string of the molecule is CCN(CCCN(C)C)c1ncc(CNCC(C)C)s1. The van der Waals surface area contributed by atoms with E-state index in [1.54, 1.807) is 0 Å². The van der Waals surface area contributed by atoms with Crippen molar-refractivity contribution in [3.8, 4) is 0 Å². The van der Waals surface area contributed by atoms with Gasteiger partial charge in [0.1, 0.15) is 0 Å². The Morgan fingerprint density at radius 3 is 2.65 bits per heavy atom. The molecule has 4 nitrogen and oxygen atoms in total. The number of thiazole rings is 1. The Labute approximate surface area is 128 Å². The summed E-state index contributed by atoms with van der Waals surface area (Å²) in [5, 5.41) is 4.63. The van der Waals surface area contributed by atoms with E-state index in [1.807, 2.05) is 17.5 Å². The van der Waals surface area contributed by atoms with E-state index in [9.17, 15) is 0 Å². The lowest BCUT2D eigenvalue weighted by Crippen LogP contribution is -2.26. The van der Waals surface area contributed by atoms with E-state index in [-0.39, 0.29) is 0 Å². The third-order valence-electron chi connectivity index (χ3n) is 3.08. The molecule has 0 saturated heterocycles. The van der Waals surface area contributed by atoms with Crippen molar-refractivity contribution in [2.45, 2.75) is 33.7 Å². The fourth-order valence-electron chi connectivity index (χ4n) is 1.98. The van der Waals surface area contributed by atoms with Gasteiger partial charge in [0, 0.05) is 30.7 Å². The lowest BCUT2D eigenvalue weighted by Gasteiger charge is -2.20. The smallest absolute Gasteiger partial charge is 0.185 e. The zero-order chi connectivity index (χ0) is 15.0. The van der Waals surface area contributed by atoms with Crippen molar-refractivity contribution >= 4 is 16.5 Å². The Kier molecular flexibility index (Phi) is 8.11. The van der Waals surface area contributed by atoms with Crippen LogP contribution < -0.4 is 10.2 Å². The van der Waals surface area contributed by atoms with Gasteiger partial charge in [0.15, 0.2) is 5.13 Å². The normalized spacial score (nSPS) is 11.6. The number of nitrogens with one attached hydrogen (secondary N) is 1. The standard InChI is InChI=1S/C15H30N4S/c1-6-19(9-7-8-18(4)5)15-17-12-14(20-15)11-16-10-13(2)3/h12-13,16H,6-11H2,1-5H3. The molecule has 0 unspecified atom stereocenters. The highest BCUT2D eigenvalue weighted by Gasteiger charge is 2.09. The van der Waals surface area contributed by atoms with Gasteiger partial charge >= 0.3 is 0 Å². The van der Waals surface area contributed by atoms with E-state index < -0.39 is 0 Å². The average Bonchev–Trinajstić information content (AvgIpc) is 2.82. The van der Waals surface area contributed by atoms with Crippen LogP contribution in [0.1, 0.15) is 32.1 Å². The highest BCUT2D eigenvalue weighted by molar-refractivity contribution is 7.15. The molecular formula is C15H30N4S. The van der Waals surface area contributed by atoms with Crippen LogP contribution in [0.15, 0.2) is 6.20 Å². The molecule has 1 N–H and O–H groups in total. The zero-order valence-electron chi connectivity index (χ0n) is 13.6. The maximum absolute atomic E-state index is 4.57. The molecule has 0 spiro atoms. The second-order valence-corrected chi connectivity index (χ2v) is 6.96. The van der Waals surface area contributed by atoms with E-state index >= 15 is 0 Å². The maximum atomic E-state index is 4.57. The van der Waals surface area contributed by atoms with E-state index in [0.29, 0.717) is 5.92 Å². The molecule has 0 aliphatic heterocycles. The highest BCUT2D eigenvalue weighted by Crippen LogP contribution is 2.22. The van der Waals surface area contributed by atoms with Gasteiger partial charge in [0.05, 0.1) is 0 Å². The quantitative estimate of drug-likeness (QED) is 0.719. The van der Waals surface area contributed by atoms with Crippen LogP contribution in [0.4, 0.5) is 5.13 Å². The Morgan fingerprint density at radius 2 is 2.05 bits per heavy atom. The fourth-order valence-corrected chi connectivity index (χ4v) is 2.95. The largest absolute Gasteiger partial charge is 0.348 e. The molecule has 0 radical (unpaired) electrons. The molecule has 0 aliphatic rings. The second-order valence-electron chi connectivity index (χ2n) is 5.87. The third-order valence-corrected chi connectivity index (χ3v) is 4.14. The van der Waals surface area contributed by atoms with Crippen molar-refractivity contribution in [1.29, 1.82) is 0 Å². The number of hydrogen-bond donors (Lipinski definition) is 1. The predicted molar refractivity (Wildman–Crippen MR) is 89.7 cm³/mol. The maximum Gasteiger partial charge on any atom is 0.185 e. The average molecular weight is 298 g/mol. The van der Waals surface area contributed by atoms with E-state index in [2.05, 4.69) is 55.0 Å². The van der Waals surface area contributed by atoms with Crippen molar-refractivity contribution in [3.05, 3.63) is 11.1 Å². The van der Waals surface area contributed by atoms with Gasteiger partial charge in [-0.2, -0.15) is 0 Å². The van der Waals surface area contributed by atoms with Gasteiger partial charge < -0.3 is 15.1 Å². The lowest BCUT2D eigenvalue weighted by molar-refractivity contribution is 0.400. The molecule has 5 heteroatoms. The van der Waals surface area contributed by atoms with Crippen molar-refractivity contribution in [1.82, 2.24) is 15.2 Å². The fraction of sp³-hybridized carbons (Fsp3) is 0.800. The van der Waals surface area contributed by atoms with Crippen LogP contribution in [-0.2, 0) is 6.54 Å². The van der Waals surface area contributed by atoms with Gasteiger partial charge in [-0.05, 0) is 46.4 Å².